The molecule has 62 valence electrons. The molecular weight excluding hydrogens is 154 g/mol. The van der Waals surface area contributed by atoms with Crippen molar-refractivity contribution >= 4 is 5.65 Å². The molecule has 1 N–H and O–H groups in total. The van der Waals surface area contributed by atoms with Gasteiger partial charge in [0.05, 0.1) is 0 Å². The van der Waals surface area contributed by atoms with Crippen molar-refractivity contribution in [2.24, 2.45) is 0 Å². The highest BCUT2D eigenvalue weighted by Gasteiger charge is 2.00. The summed E-state index contributed by atoms with van der Waals surface area (Å²) in [6.07, 6.45) is 0. The monoisotopic (exact) mass is 163 g/mol. The Bertz CT molecular complexity index is 480. The molecule has 2 heterocycles. The maximum atomic E-state index is 11.0. The van der Waals surface area contributed by atoms with Gasteiger partial charge in [-0.05, 0) is 13.8 Å². The Morgan fingerprint density at radius 2 is 2.17 bits per heavy atom. The van der Waals surface area contributed by atoms with E-state index in [9.17, 15) is 4.79 Å². The Morgan fingerprint density at radius 3 is 2.92 bits per heavy atom. The van der Waals surface area contributed by atoms with Gasteiger partial charge in [-0.1, -0.05) is 0 Å². The standard InChI is InChI=1S/C8H9N3O/c1-5-3-7-9-8(12)4-6(2)11(7)10-5/h3-4,10H,1-2H3. The summed E-state index contributed by atoms with van der Waals surface area (Å²) in [5, 5.41) is 3.07. The van der Waals surface area contributed by atoms with E-state index in [4.69, 9.17) is 0 Å². The molecule has 0 aliphatic carbocycles. The molecule has 0 saturated heterocycles. The van der Waals surface area contributed by atoms with Gasteiger partial charge in [-0.3, -0.25) is 9.89 Å². The number of aryl methyl sites for hydroxylation is 2. The SMILES string of the molecule is Cc1cc2nc(=O)cc(C)n2[nH]1. The minimum atomic E-state index is -0.188. The third-order valence-corrected chi connectivity index (χ3v) is 1.77. The zero-order chi connectivity index (χ0) is 8.72. The largest absolute Gasteiger partial charge is 0.297 e. The van der Waals surface area contributed by atoms with Crippen LogP contribution in [-0.2, 0) is 0 Å². The van der Waals surface area contributed by atoms with Crippen LogP contribution < -0.4 is 5.56 Å². The van der Waals surface area contributed by atoms with Crippen molar-refractivity contribution in [2.75, 3.05) is 0 Å². The fourth-order valence-electron chi connectivity index (χ4n) is 1.26. The second-order valence-electron chi connectivity index (χ2n) is 2.87. The summed E-state index contributed by atoms with van der Waals surface area (Å²) in [5.74, 6) is 0. The van der Waals surface area contributed by atoms with Crippen molar-refractivity contribution in [3.63, 3.8) is 0 Å². The van der Waals surface area contributed by atoms with Crippen molar-refractivity contribution in [1.29, 1.82) is 0 Å². The first kappa shape index (κ1) is 7.09. The predicted molar refractivity (Wildman–Crippen MR) is 45.3 cm³/mol. The third kappa shape index (κ3) is 0.922. The summed E-state index contributed by atoms with van der Waals surface area (Å²) in [4.78, 5) is 14.8. The van der Waals surface area contributed by atoms with E-state index in [1.54, 1.807) is 4.52 Å². The summed E-state index contributed by atoms with van der Waals surface area (Å²) in [5.41, 5.74) is 2.36. The number of nitrogens with one attached hydrogen (secondary N) is 1. The molecule has 0 spiro atoms. The molecule has 4 nitrogen and oxygen atoms in total. The summed E-state index contributed by atoms with van der Waals surface area (Å²) >= 11 is 0. The summed E-state index contributed by atoms with van der Waals surface area (Å²) < 4.78 is 1.79. The molecular formula is C8H9N3O. The van der Waals surface area contributed by atoms with Crippen LogP contribution in [-0.4, -0.2) is 14.6 Å². The van der Waals surface area contributed by atoms with E-state index in [-0.39, 0.29) is 5.56 Å². The first-order valence-electron chi connectivity index (χ1n) is 3.73. The Balaban J connectivity index is 2.97. The molecule has 0 unspecified atom stereocenters. The molecule has 4 heteroatoms. The molecule has 0 saturated carbocycles. The van der Waals surface area contributed by atoms with Gasteiger partial charge in [-0.15, -0.1) is 0 Å². The summed E-state index contributed by atoms with van der Waals surface area (Å²) in [6.45, 7) is 3.80. The van der Waals surface area contributed by atoms with Crippen LogP contribution in [0.5, 0.6) is 0 Å². The molecule has 0 aliphatic rings. The number of fused-ring (bicyclic) bond motifs is 1. The van der Waals surface area contributed by atoms with E-state index in [2.05, 4.69) is 10.1 Å². The quantitative estimate of drug-likeness (QED) is 0.619. The maximum absolute atomic E-state index is 11.0. The predicted octanol–water partition coefficient (Wildman–Crippen LogP) is 0.639. The lowest BCUT2D eigenvalue weighted by molar-refractivity contribution is 0.871. The molecule has 0 radical (unpaired) electrons. The van der Waals surface area contributed by atoms with Gasteiger partial charge in [-0.25, -0.2) is 4.52 Å². The van der Waals surface area contributed by atoms with Crippen LogP contribution in [0.25, 0.3) is 5.65 Å². The Morgan fingerprint density at radius 1 is 1.42 bits per heavy atom. The third-order valence-electron chi connectivity index (χ3n) is 1.77. The Hall–Kier alpha value is -1.58. The highest BCUT2D eigenvalue weighted by atomic mass is 16.1. The molecule has 0 atom stereocenters. The van der Waals surface area contributed by atoms with Crippen LogP contribution >= 0.6 is 0 Å². The molecule has 0 aliphatic heterocycles. The lowest BCUT2D eigenvalue weighted by Gasteiger charge is -1.95. The lowest BCUT2D eigenvalue weighted by atomic mass is 10.4. The minimum Gasteiger partial charge on any atom is -0.297 e. The number of hydrogen-bond donors (Lipinski definition) is 1. The molecule has 0 aromatic carbocycles. The van der Waals surface area contributed by atoms with Gasteiger partial charge in [0.2, 0.25) is 0 Å². The Labute approximate surface area is 68.8 Å². The fourth-order valence-corrected chi connectivity index (χ4v) is 1.26. The smallest absolute Gasteiger partial charge is 0.273 e. The first-order valence-corrected chi connectivity index (χ1v) is 3.73. The van der Waals surface area contributed by atoms with Crippen molar-refractivity contribution in [1.82, 2.24) is 14.6 Å². The van der Waals surface area contributed by atoms with Gasteiger partial charge < -0.3 is 0 Å². The molecule has 2 rings (SSSR count). The van der Waals surface area contributed by atoms with Gasteiger partial charge in [0.15, 0.2) is 5.65 Å². The number of aromatic nitrogens is 3. The number of hydrogen-bond acceptors (Lipinski definition) is 2. The summed E-state index contributed by atoms with van der Waals surface area (Å²) in [6, 6.07) is 3.34. The zero-order valence-electron chi connectivity index (χ0n) is 6.96. The molecule has 0 bridgehead atoms. The number of H-pyrrole nitrogens is 1. The average Bonchev–Trinajstić information content (AvgIpc) is 2.29. The number of aromatic amines is 1. The second kappa shape index (κ2) is 2.20. The van der Waals surface area contributed by atoms with Crippen LogP contribution in [0.1, 0.15) is 11.4 Å². The van der Waals surface area contributed by atoms with Crippen LogP contribution in [0.3, 0.4) is 0 Å². The summed E-state index contributed by atoms with van der Waals surface area (Å²) in [7, 11) is 0. The number of rotatable bonds is 0. The molecule has 0 amide bonds. The highest BCUT2D eigenvalue weighted by Crippen LogP contribution is 2.02. The van der Waals surface area contributed by atoms with Crippen LogP contribution in [0.15, 0.2) is 16.9 Å². The highest BCUT2D eigenvalue weighted by molar-refractivity contribution is 5.39. The van der Waals surface area contributed by atoms with Crippen molar-refractivity contribution < 1.29 is 0 Å². The van der Waals surface area contributed by atoms with E-state index < -0.39 is 0 Å². The van der Waals surface area contributed by atoms with Crippen LogP contribution in [0.4, 0.5) is 0 Å². The Kier molecular flexibility index (Phi) is 1.30. The van der Waals surface area contributed by atoms with E-state index in [0.29, 0.717) is 5.65 Å². The minimum absolute atomic E-state index is 0.188. The average molecular weight is 163 g/mol. The first-order chi connectivity index (χ1) is 5.66. The van der Waals surface area contributed by atoms with Gasteiger partial charge in [-0.2, -0.15) is 4.98 Å². The maximum Gasteiger partial charge on any atom is 0.273 e. The molecule has 12 heavy (non-hydrogen) atoms. The van der Waals surface area contributed by atoms with E-state index in [0.717, 1.165) is 11.4 Å². The van der Waals surface area contributed by atoms with Crippen LogP contribution in [0, 0.1) is 13.8 Å². The second-order valence-corrected chi connectivity index (χ2v) is 2.87. The normalized spacial score (nSPS) is 10.8. The van der Waals surface area contributed by atoms with Crippen molar-refractivity contribution in [3.05, 3.63) is 33.9 Å². The zero-order valence-corrected chi connectivity index (χ0v) is 6.96. The molecule has 0 fully saturated rings. The fraction of sp³-hybridized carbons (Fsp3) is 0.250. The van der Waals surface area contributed by atoms with Crippen LogP contribution in [0.2, 0.25) is 0 Å². The van der Waals surface area contributed by atoms with Gasteiger partial charge in [0.25, 0.3) is 5.56 Å². The number of nitrogens with zero attached hydrogens (tertiary/aromatic N) is 2. The molecule has 2 aromatic rings. The molecule has 2 aromatic heterocycles. The van der Waals surface area contributed by atoms with Gasteiger partial charge in [0, 0.05) is 23.5 Å². The van der Waals surface area contributed by atoms with E-state index in [1.807, 2.05) is 19.9 Å². The van der Waals surface area contributed by atoms with Crippen molar-refractivity contribution in [3.8, 4) is 0 Å². The topological polar surface area (TPSA) is 50.2 Å². The van der Waals surface area contributed by atoms with Gasteiger partial charge in [0.1, 0.15) is 0 Å². The van der Waals surface area contributed by atoms with E-state index >= 15 is 0 Å². The van der Waals surface area contributed by atoms with Crippen molar-refractivity contribution in [2.45, 2.75) is 13.8 Å². The van der Waals surface area contributed by atoms with Gasteiger partial charge >= 0.3 is 0 Å². The lowest BCUT2D eigenvalue weighted by Crippen LogP contribution is -2.09. The van der Waals surface area contributed by atoms with E-state index in [1.165, 1.54) is 6.07 Å².